The fraction of sp³-hybridized carbons (Fsp3) is 0.938. The standard InChI is InChI=1S/C16H28N2O/c1-17-10-12-7-8-18(11-12)16(19)15-9-14(15)13-5-3-2-4-6-13/h12-15,17H,2-11H2,1H3/t12-,14-,15+/m0/s1. The van der Waals surface area contributed by atoms with Gasteiger partial charge in [0.05, 0.1) is 0 Å². The van der Waals surface area contributed by atoms with Crippen LogP contribution < -0.4 is 5.32 Å². The van der Waals surface area contributed by atoms with Crippen molar-refractivity contribution in [3.63, 3.8) is 0 Å². The summed E-state index contributed by atoms with van der Waals surface area (Å²) in [5, 5.41) is 3.24. The number of nitrogens with zero attached hydrogens (tertiary/aromatic N) is 1. The number of hydrogen-bond donors (Lipinski definition) is 1. The molecule has 1 aliphatic heterocycles. The van der Waals surface area contributed by atoms with Crippen molar-refractivity contribution in [2.45, 2.75) is 44.9 Å². The van der Waals surface area contributed by atoms with Crippen LogP contribution in [0, 0.1) is 23.7 Å². The van der Waals surface area contributed by atoms with Gasteiger partial charge in [0.15, 0.2) is 0 Å². The van der Waals surface area contributed by atoms with Crippen molar-refractivity contribution in [3.8, 4) is 0 Å². The second-order valence-corrected chi connectivity index (χ2v) is 6.90. The van der Waals surface area contributed by atoms with E-state index in [1.807, 2.05) is 7.05 Å². The van der Waals surface area contributed by atoms with Gasteiger partial charge in [-0.05, 0) is 44.2 Å². The Labute approximate surface area is 117 Å². The lowest BCUT2D eigenvalue weighted by atomic mass is 9.85. The van der Waals surface area contributed by atoms with E-state index in [4.69, 9.17) is 0 Å². The first-order valence-corrected chi connectivity index (χ1v) is 8.23. The van der Waals surface area contributed by atoms with Gasteiger partial charge in [-0.25, -0.2) is 0 Å². The lowest BCUT2D eigenvalue weighted by Gasteiger charge is -2.22. The molecule has 0 aromatic rings. The molecule has 0 radical (unpaired) electrons. The van der Waals surface area contributed by atoms with Crippen molar-refractivity contribution < 1.29 is 4.79 Å². The van der Waals surface area contributed by atoms with E-state index < -0.39 is 0 Å². The minimum atomic E-state index is 0.399. The maximum atomic E-state index is 12.5. The van der Waals surface area contributed by atoms with Crippen LogP contribution in [-0.4, -0.2) is 37.5 Å². The molecule has 3 heteroatoms. The van der Waals surface area contributed by atoms with Gasteiger partial charge in [0, 0.05) is 19.0 Å². The molecule has 0 aromatic carbocycles. The summed E-state index contributed by atoms with van der Waals surface area (Å²) in [6, 6.07) is 0. The SMILES string of the molecule is CNC[C@@H]1CCN(C(=O)[C@@H]2C[C@H]2C2CCCCC2)C1. The lowest BCUT2D eigenvalue weighted by molar-refractivity contribution is -0.132. The van der Waals surface area contributed by atoms with Crippen LogP contribution in [0.2, 0.25) is 0 Å². The summed E-state index contributed by atoms with van der Waals surface area (Å²) in [5.74, 6) is 3.18. The van der Waals surface area contributed by atoms with Crippen molar-refractivity contribution in [1.82, 2.24) is 10.2 Å². The van der Waals surface area contributed by atoms with E-state index in [2.05, 4.69) is 10.2 Å². The molecule has 0 bridgehead atoms. The highest BCUT2D eigenvalue weighted by Crippen LogP contribution is 2.50. The Morgan fingerprint density at radius 1 is 1.21 bits per heavy atom. The molecule has 1 amide bonds. The molecule has 3 atom stereocenters. The molecule has 2 aliphatic carbocycles. The molecule has 1 saturated heterocycles. The number of amides is 1. The van der Waals surface area contributed by atoms with E-state index in [1.165, 1.54) is 44.9 Å². The van der Waals surface area contributed by atoms with Gasteiger partial charge in [-0.3, -0.25) is 4.79 Å². The minimum absolute atomic E-state index is 0.399. The van der Waals surface area contributed by atoms with Crippen molar-refractivity contribution >= 4 is 5.91 Å². The molecule has 1 N–H and O–H groups in total. The molecule has 3 nitrogen and oxygen atoms in total. The van der Waals surface area contributed by atoms with Gasteiger partial charge in [-0.1, -0.05) is 32.1 Å². The zero-order chi connectivity index (χ0) is 13.2. The highest BCUT2D eigenvalue weighted by atomic mass is 16.2. The van der Waals surface area contributed by atoms with Crippen molar-refractivity contribution in [1.29, 1.82) is 0 Å². The van der Waals surface area contributed by atoms with Gasteiger partial charge < -0.3 is 10.2 Å². The second kappa shape index (κ2) is 5.82. The Morgan fingerprint density at radius 2 is 2.00 bits per heavy atom. The summed E-state index contributed by atoms with van der Waals surface area (Å²) < 4.78 is 0. The van der Waals surface area contributed by atoms with Gasteiger partial charge in [-0.15, -0.1) is 0 Å². The van der Waals surface area contributed by atoms with E-state index in [0.29, 0.717) is 17.7 Å². The highest BCUT2D eigenvalue weighted by Gasteiger charge is 2.49. The van der Waals surface area contributed by atoms with Crippen LogP contribution in [0.15, 0.2) is 0 Å². The molecular weight excluding hydrogens is 236 g/mol. The smallest absolute Gasteiger partial charge is 0.225 e. The third-order valence-corrected chi connectivity index (χ3v) is 5.50. The maximum absolute atomic E-state index is 12.5. The summed E-state index contributed by atoms with van der Waals surface area (Å²) in [6.07, 6.45) is 9.36. The Bertz CT molecular complexity index is 325. The van der Waals surface area contributed by atoms with Crippen LogP contribution in [0.4, 0.5) is 0 Å². The molecule has 3 aliphatic rings. The molecule has 0 unspecified atom stereocenters. The van der Waals surface area contributed by atoms with Gasteiger partial charge in [0.2, 0.25) is 5.91 Å². The number of carbonyl (C=O) groups excluding carboxylic acids is 1. The van der Waals surface area contributed by atoms with Crippen molar-refractivity contribution in [2.24, 2.45) is 23.7 Å². The summed E-state index contributed by atoms with van der Waals surface area (Å²) >= 11 is 0. The molecule has 3 rings (SSSR count). The molecular formula is C16H28N2O. The molecule has 108 valence electrons. The van der Waals surface area contributed by atoms with Crippen LogP contribution >= 0.6 is 0 Å². The van der Waals surface area contributed by atoms with Crippen LogP contribution in [0.5, 0.6) is 0 Å². The largest absolute Gasteiger partial charge is 0.342 e. The summed E-state index contributed by atoms with van der Waals surface area (Å²) in [5.41, 5.74) is 0. The lowest BCUT2D eigenvalue weighted by Crippen LogP contribution is -2.32. The zero-order valence-electron chi connectivity index (χ0n) is 12.2. The van der Waals surface area contributed by atoms with Crippen LogP contribution in [0.1, 0.15) is 44.9 Å². The van der Waals surface area contributed by atoms with Gasteiger partial charge in [-0.2, -0.15) is 0 Å². The van der Waals surface area contributed by atoms with Gasteiger partial charge in [0.25, 0.3) is 0 Å². The van der Waals surface area contributed by atoms with Crippen molar-refractivity contribution in [2.75, 3.05) is 26.7 Å². The number of rotatable bonds is 4. The third kappa shape index (κ3) is 2.96. The molecule has 3 fully saturated rings. The second-order valence-electron chi connectivity index (χ2n) is 6.90. The van der Waals surface area contributed by atoms with Gasteiger partial charge in [0.1, 0.15) is 0 Å². The first kappa shape index (κ1) is 13.4. The normalized spacial score (nSPS) is 35.6. The average Bonchev–Trinajstić information content (AvgIpc) is 3.12. The fourth-order valence-electron chi connectivity index (χ4n) is 4.30. The number of likely N-dealkylation sites (tertiary alicyclic amines) is 1. The van der Waals surface area contributed by atoms with E-state index in [0.717, 1.165) is 31.5 Å². The van der Waals surface area contributed by atoms with E-state index >= 15 is 0 Å². The topological polar surface area (TPSA) is 32.3 Å². The van der Waals surface area contributed by atoms with E-state index in [-0.39, 0.29) is 0 Å². The van der Waals surface area contributed by atoms with Crippen LogP contribution in [-0.2, 0) is 4.79 Å². The summed E-state index contributed by atoms with van der Waals surface area (Å²) in [4.78, 5) is 14.7. The Morgan fingerprint density at radius 3 is 2.74 bits per heavy atom. The van der Waals surface area contributed by atoms with Crippen LogP contribution in [0.25, 0.3) is 0 Å². The Balaban J connectivity index is 1.47. The predicted molar refractivity (Wildman–Crippen MR) is 76.8 cm³/mol. The van der Waals surface area contributed by atoms with E-state index in [1.54, 1.807) is 0 Å². The molecule has 19 heavy (non-hydrogen) atoms. The highest BCUT2D eigenvalue weighted by molar-refractivity contribution is 5.82. The fourth-order valence-corrected chi connectivity index (χ4v) is 4.30. The predicted octanol–water partition coefficient (Wildman–Crippen LogP) is 2.27. The quantitative estimate of drug-likeness (QED) is 0.845. The van der Waals surface area contributed by atoms with Crippen LogP contribution in [0.3, 0.4) is 0 Å². The first-order chi connectivity index (χ1) is 9.29. The minimum Gasteiger partial charge on any atom is -0.342 e. The summed E-state index contributed by atoms with van der Waals surface area (Å²) in [6.45, 7) is 3.05. The number of hydrogen-bond acceptors (Lipinski definition) is 2. The molecule has 0 aromatic heterocycles. The van der Waals surface area contributed by atoms with Gasteiger partial charge >= 0.3 is 0 Å². The monoisotopic (exact) mass is 264 g/mol. The molecule has 0 spiro atoms. The maximum Gasteiger partial charge on any atom is 0.225 e. The van der Waals surface area contributed by atoms with E-state index in [9.17, 15) is 4.79 Å². The Kier molecular flexibility index (Phi) is 4.11. The third-order valence-electron chi connectivity index (χ3n) is 5.50. The average molecular weight is 264 g/mol. The number of carbonyl (C=O) groups is 1. The Hall–Kier alpha value is -0.570. The summed E-state index contributed by atoms with van der Waals surface area (Å²) in [7, 11) is 2.00. The molecule has 2 saturated carbocycles. The van der Waals surface area contributed by atoms with Crippen molar-refractivity contribution in [3.05, 3.63) is 0 Å². The number of nitrogens with one attached hydrogen (secondary N) is 1. The zero-order valence-corrected chi connectivity index (χ0v) is 12.2. The first-order valence-electron chi connectivity index (χ1n) is 8.23. The molecule has 1 heterocycles.